The lowest BCUT2D eigenvalue weighted by Gasteiger charge is -2.17. The van der Waals surface area contributed by atoms with E-state index in [1.807, 2.05) is 0 Å². The van der Waals surface area contributed by atoms with E-state index in [1.165, 1.54) is 42.5 Å². The van der Waals surface area contributed by atoms with Crippen LogP contribution in [0.3, 0.4) is 0 Å². The highest BCUT2D eigenvalue weighted by Crippen LogP contribution is 2.29. The maximum absolute atomic E-state index is 12.7. The van der Waals surface area contributed by atoms with Gasteiger partial charge in [0.15, 0.2) is 9.84 Å². The number of anilines is 2. The molecule has 8 heteroatoms. The van der Waals surface area contributed by atoms with Gasteiger partial charge in [-0.3, -0.25) is 0 Å². The van der Waals surface area contributed by atoms with Crippen LogP contribution >= 0.6 is 0 Å². The fraction of sp³-hybridized carbons (Fsp3) is 0.111. The molecule has 26 heavy (non-hydrogen) atoms. The zero-order chi connectivity index (χ0) is 18.9. The molecule has 1 aliphatic rings. The van der Waals surface area contributed by atoms with Gasteiger partial charge in [-0.2, -0.15) is 0 Å². The Morgan fingerprint density at radius 2 is 1.42 bits per heavy atom. The molecule has 2 aromatic carbocycles. The second-order valence-corrected chi connectivity index (χ2v) is 10.0. The minimum Gasteiger partial charge on any atom is -0.399 e. The van der Waals surface area contributed by atoms with E-state index >= 15 is 0 Å². The number of rotatable bonds is 4. The Morgan fingerprint density at radius 3 is 1.96 bits per heavy atom. The molecule has 2 aromatic rings. The fourth-order valence-corrected chi connectivity index (χ4v) is 5.64. The first kappa shape index (κ1) is 18.2. The molecule has 0 bridgehead atoms. The highest BCUT2D eigenvalue weighted by atomic mass is 32.2. The molecule has 0 aliphatic heterocycles. The van der Waals surface area contributed by atoms with Crippen LogP contribution in [0.1, 0.15) is 6.42 Å². The van der Waals surface area contributed by atoms with Crippen molar-refractivity contribution in [3.05, 3.63) is 71.7 Å². The normalized spacial score (nSPS) is 17.7. The molecule has 0 saturated carbocycles. The predicted octanol–water partition coefficient (Wildman–Crippen LogP) is 2.31. The van der Waals surface area contributed by atoms with Crippen LogP contribution in [0.15, 0.2) is 81.5 Å². The third-order valence-electron chi connectivity index (χ3n) is 4.09. The van der Waals surface area contributed by atoms with Crippen molar-refractivity contribution in [2.45, 2.75) is 21.5 Å². The SMILES string of the molecule is Nc1cccc(S(=O)(=O)C2=CCC(S(=O)(=O)c3cccc(N)c3)C=C2)c1. The molecule has 0 fully saturated rings. The molecule has 0 amide bonds. The monoisotopic (exact) mass is 390 g/mol. The minimum absolute atomic E-state index is 0.0575. The summed E-state index contributed by atoms with van der Waals surface area (Å²) in [5, 5.41) is -0.843. The van der Waals surface area contributed by atoms with E-state index in [-0.39, 0.29) is 21.1 Å². The summed E-state index contributed by atoms with van der Waals surface area (Å²) in [4.78, 5) is 0.246. The van der Waals surface area contributed by atoms with Gasteiger partial charge in [-0.25, -0.2) is 16.8 Å². The standard InChI is InChI=1S/C18H18N2O4S2/c19-13-3-1-5-17(11-13)25(21,22)15-7-9-16(10-8-15)26(23,24)18-6-2-4-14(20)12-18/h1-9,11-12,16H,10,19-20H2. The van der Waals surface area contributed by atoms with Crippen molar-refractivity contribution in [2.75, 3.05) is 11.5 Å². The van der Waals surface area contributed by atoms with Crippen LogP contribution in [0.25, 0.3) is 0 Å². The van der Waals surface area contributed by atoms with E-state index in [0.29, 0.717) is 11.4 Å². The first-order valence-corrected chi connectivity index (χ1v) is 10.8. The summed E-state index contributed by atoms with van der Waals surface area (Å²) in [5.74, 6) is 0. The van der Waals surface area contributed by atoms with Crippen LogP contribution in [-0.2, 0) is 19.7 Å². The Hall–Kier alpha value is -2.58. The summed E-state index contributed by atoms with van der Waals surface area (Å²) >= 11 is 0. The average Bonchev–Trinajstić information content (AvgIpc) is 2.62. The zero-order valence-corrected chi connectivity index (χ0v) is 15.4. The van der Waals surface area contributed by atoms with Crippen molar-refractivity contribution >= 4 is 31.0 Å². The summed E-state index contributed by atoms with van der Waals surface area (Å²) in [7, 11) is -7.40. The maximum Gasteiger partial charge on any atom is 0.206 e. The van der Waals surface area contributed by atoms with Crippen molar-refractivity contribution < 1.29 is 16.8 Å². The zero-order valence-electron chi connectivity index (χ0n) is 13.7. The van der Waals surface area contributed by atoms with Crippen molar-refractivity contribution in [2.24, 2.45) is 0 Å². The Bertz CT molecular complexity index is 1120. The molecule has 1 unspecified atom stereocenters. The molecule has 0 radical (unpaired) electrons. The maximum atomic E-state index is 12.7. The van der Waals surface area contributed by atoms with Crippen molar-refractivity contribution in [3.63, 3.8) is 0 Å². The van der Waals surface area contributed by atoms with E-state index < -0.39 is 24.9 Å². The molecule has 4 N–H and O–H groups in total. The quantitative estimate of drug-likeness (QED) is 0.773. The first-order valence-electron chi connectivity index (χ1n) is 7.80. The van der Waals surface area contributed by atoms with Crippen molar-refractivity contribution in [3.8, 4) is 0 Å². The Labute approximate surface area is 152 Å². The van der Waals surface area contributed by atoms with Gasteiger partial charge in [0.1, 0.15) is 0 Å². The molecule has 1 atom stereocenters. The number of sulfone groups is 2. The minimum atomic E-state index is -3.75. The van der Waals surface area contributed by atoms with Gasteiger partial charge in [-0.15, -0.1) is 0 Å². The number of hydrogen-bond acceptors (Lipinski definition) is 6. The van der Waals surface area contributed by atoms with Gasteiger partial charge < -0.3 is 11.5 Å². The smallest absolute Gasteiger partial charge is 0.206 e. The number of nitrogen functional groups attached to an aromatic ring is 2. The number of hydrogen-bond donors (Lipinski definition) is 2. The van der Waals surface area contributed by atoms with Crippen LogP contribution in [0.5, 0.6) is 0 Å². The molecular formula is C18H18N2O4S2. The fourth-order valence-electron chi connectivity index (χ4n) is 2.69. The van der Waals surface area contributed by atoms with Gasteiger partial charge in [0.05, 0.1) is 19.9 Å². The summed E-state index contributed by atoms with van der Waals surface area (Å²) in [6, 6.07) is 12.0. The first-order chi connectivity index (χ1) is 12.2. The highest BCUT2D eigenvalue weighted by molar-refractivity contribution is 7.95. The van der Waals surface area contributed by atoms with Gasteiger partial charge in [-0.1, -0.05) is 24.3 Å². The largest absolute Gasteiger partial charge is 0.399 e. The molecule has 0 spiro atoms. The molecule has 1 aliphatic carbocycles. The van der Waals surface area contributed by atoms with E-state index in [2.05, 4.69) is 0 Å². The second kappa shape index (κ2) is 6.62. The van der Waals surface area contributed by atoms with E-state index in [1.54, 1.807) is 24.3 Å². The predicted molar refractivity (Wildman–Crippen MR) is 102 cm³/mol. The van der Waals surface area contributed by atoms with Gasteiger partial charge in [0.2, 0.25) is 9.84 Å². The van der Waals surface area contributed by atoms with Gasteiger partial charge in [0, 0.05) is 11.4 Å². The number of benzene rings is 2. The molecule has 0 saturated heterocycles. The third-order valence-corrected chi connectivity index (χ3v) is 7.95. The van der Waals surface area contributed by atoms with E-state index in [0.717, 1.165) is 0 Å². The van der Waals surface area contributed by atoms with Crippen LogP contribution in [-0.4, -0.2) is 22.1 Å². The van der Waals surface area contributed by atoms with Gasteiger partial charge in [-0.05, 0) is 48.9 Å². The lowest BCUT2D eigenvalue weighted by molar-refractivity contribution is 0.587. The lowest BCUT2D eigenvalue weighted by atomic mass is 10.2. The molecule has 136 valence electrons. The Kier molecular flexibility index (Phi) is 4.64. The summed E-state index contributed by atoms with van der Waals surface area (Å²) in [6.45, 7) is 0. The number of nitrogens with two attached hydrogens (primary N) is 2. The number of allylic oxidation sites excluding steroid dienone is 2. The van der Waals surface area contributed by atoms with E-state index in [9.17, 15) is 16.8 Å². The van der Waals surface area contributed by atoms with Crippen LogP contribution in [0.2, 0.25) is 0 Å². The van der Waals surface area contributed by atoms with E-state index in [4.69, 9.17) is 11.5 Å². The molecule has 0 heterocycles. The topological polar surface area (TPSA) is 120 Å². The van der Waals surface area contributed by atoms with Crippen molar-refractivity contribution in [1.29, 1.82) is 0 Å². The Morgan fingerprint density at radius 1 is 0.846 bits per heavy atom. The summed E-state index contributed by atoms with van der Waals surface area (Å²) < 4.78 is 50.8. The average molecular weight is 390 g/mol. The van der Waals surface area contributed by atoms with Crippen LogP contribution < -0.4 is 11.5 Å². The molecule has 3 rings (SSSR count). The van der Waals surface area contributed by atoms with Crippen LogP contribution in [0.4, 0.5) is 11.4 Å². The molecule has 0 aromatic heterocycles. The molecule has 6 nitrogen and oxygen atoms in total. The lowest BCUT2D eigenvalue weighted by Crippen LogP contribution is -2.21. The van der Waals surface area contributed by atoms with Gasteiger partial charge in [0.25, 0.3) is 0 Å². The molecular weight excluding hydrogens is 372 g/mol. The van der Waals surface area contributed by atoms with Crippen molar-refractivity contribution in [1.82, 2.24) is 0 Å². The third kappa shape index (κ3) is 3.38. The Balaban J connectivity index is 1.88. The summed E-state index contributed by atoms with van der Waals surface area (Å²) in [5.41, 5.74) is 12.0. The summed E-state index contributed by atoms with van der Waals surface area (Å²) in [6.07, 6.45) is 4.21. The van der Waals surface area contributed by atoms with Gasteiger partial charge >= 0.3 is 0 Å². The van der Waals surface area contributed by atoms with Crippen LogP contribution in [0, 0.1) is 0 Å². The second-order valence-electron chi connectivity index (χ2n) is 5.93. The highest BCUT2D eigenvalue weighted by Gasteiger charge is 2.29.